The Bertz CT molecular complexity index is 520. The van der Waals surface area contributed by atoms with Crippen molar-refractivity contribution < 1.29 is 12.9 Å². The van der Waals surface area contributed by atoms with Crippen molar-refractivity contribution in [3.05, 3.63) is 11.5 Å². The van der Waals surface area contributed by atoms with Gasteiger partial charge >= 0.3 is 0 Å². The molecule has 8 heteroatoms. The molecule has 19 heavy (non-hydrogen) atoms. The first-order valence-electron chi connectivity index (χ1n) is 6.00. The molecule has 0 aromatic carbocycles. The van der Waals surface area contributed by atoms with Crippen LogP contribution in [-0.4, -0.2) is 37.5 Å². The van der Waals surface area contributed by atoms with E-state index in [1.807, 2.05) is 0 Å². The fraction of sp³-hybridized carbons (Fsp3) is 0.727. The zero-order valence-electron chi connectivity index (χ0n) is 11.3. The highest BCUT2D eigenvalue weighted by Crippen LogP contribution is 2.36. The molecule has 1 aliphatic carbocycles. The van der Waals surface area contributed by atoms with Gasteiger partial charge < -0.3 is 10.3 Å². The van der Waals surface area contributed by atoms with Crippen molar-refractivity contribution in [2.75, 3.05) is 13.6 Å². The van der Waals surface area contributed by atoms with Gasteiger partial charge in [-0.3, -0.25) is 0 Å². The molecule has 0 amide bonds. The number of hydrogen-bond donors (Lipinski definition) is 1. The Morgan fingerprint density at radius 2 is 2.05 bits per heavy atom. The minimum absolute atomic E-state index is 0. The lowest BCUT2D eigenvalue weighted by molar-refractivity contribution is 0.339. The third kappa shape index (κ3) is 2.94. The van der Waals surface area contributed by atoms with Crippen molar-refractivity contribution in [3.8, 4) is 0 Å². The van der Waals surface area contributed by atoms with Gasteiger partial charge in [0.25, 0.3) is 0 Å². The maximum Gasteiger partial charge on any atom is 0.248 e. The molecule has 2 N–H and O–H groups in total. The molecule has 1 saturated carbocycles. The van der Waals surface area contributed by atoms with Crippen molar-refractivity contribution in [1.29, 1.82) is 0 Å². The van der Waals surface area contributed by atoms with E-state index in [4.69, 9.17) is 10.3 Å². The Balaban J connectivity index is 0.00000180. The molecule has 1 aromatic rings. The highest BCUT2D eigenvalue weighted by molar-refractivity contribution is 7.89. The average Bonchev–Trinajstić information content (AvgIpc) is 3.06. The van der Waals surface area contributed by atoms with Crippen molar-refractivity contribution in [3.63, 3.8) is 0 Å². The van der Waals surface area contributed by atoms with E-state index in [0.717, 1.165) is 12.8 Å². The number of nitrogens with two attached hydrogens (primary N) is 1. The second-order valence-corrected chi connectivity index (χ2v) is 6.75. The molecule has 1 heterocycles. The smallest absolute Gasteiger partial charge is 0.248 e. The number of hydrogen-bond acceptors (Lipinski definition) is 5. The molecule has 1 atom stereocenters. The first kappa shape index (κ1) is 16.4. The summed E-state index contributed by atoms with van der Waals surface area (Å²) in [6.45, 7) is 3.57. The van der Waals surface area contributed by atoms with Crippen molar-refractivity contribution in [2.45, 2.75) is 37.6 Å². The molecular weight excluding hydrogens is 290 g/mol. The van der Waals surface area contributed by atoms with E-state index in [-0.39, 0.29) is 23.3 Å². The molecule has 1 aromatic heterocycles. The molecule has 0 bridgehead atoms. The van der Waals surface area contributed by atoms with E-state index in [1.54, 1.807) is 20.9 Å². The van der Waals surface area contributed by atoms with E-state index in [1.165, 1.54) is 4.31 Å². The average molecular weight is 310 g/mol. The Labute approximate surface area is 119 Å². The minimum atomic E-state index is -3.58. The van der Waals surface area contributed by atoms with Crippen LogP contribution >= 0.6 is 12.4 Å². The molecule has 6 nitrogen and oxygen atoms in total. The summed E-state index contributed by atoms with van der Waals surface area (Å²) in [4.78, 5) is 0.170. The van der Waals surface area contributed by atoms with Gasteiger partial charge in [0, 0.05) is 19.6 Å². The van der Waals surface area contributed by atoms with Gasteiger partial charge in [0.05, 0.1) is 0 Å². The van der Waals surface area contributed by atoms with Crippen LogP contribution in [0.3, 0.4) is 0 Å². The van der Waals surface area contributed by atoms with Gasteiger partial charge in [-0.05, 0) is 32.6 Å². The van der Waals surface area contributed by atoms with Crippen molar-refractivity contribution in [2.24, 2.45) is 11.7 Å². The number of rotatable bonds is 5. The molecule has 1 fully saturated rings. The summed E-state index contributed by atoms with van der Waals surface area (Å²) in [5.41, 5.74) is 6.09. The number of likely N-dealkylation sites (N-methyl/N-ethyl adjacent to an activating group) is 1. The third-order valence-electron chi connectivity index (χ3n) is 3.48. The maximum atomic E-state index is 12.5. The molecule has 0 spiro atoms. The van der Waals surface area contributed by atoms with Gasteiger partial charge in [-0.1, -0.05) is 5.16 Å². The van der Waals surface area contributed by atoms with E-state index in [9.17, 15) is 8.42 Å². The number of aryl methyl sites for hydroxylation is 2. The summed E-state index contributed by atoms with van der Waals surface area (Å²) in [5.74, 6) is 0.709. The first-order chi connectivity index (χ1) is 8.39. The molecule has 1 unspecified atom stereocenters. The summed E-state index contributed by atoms with van der Waals surface area (Å²) in [5, 5.41) is 3.70. The van der Waals surface area contributed by atoms with Crippen LogP contribution in [-0.2, 0) is 10.0 Å². The molecular formula is C11H20ClN3O3S. The minimum Gasteiger partial charge on any atom is -0.360 e. The molecule has 110 valence electrons. The van der Waals surface area contributed by atoms with Gasteiger partial charge in [0.2, 0.25) is 10.0 Å². The lowest BCUT2D eigenvalue weighted by Crippen LogP contribution is -2.43. The summed E-state index contributed by atoms with van der Waals surface area (Å²) in [7, 11) is -2.00. The summed E-state index contributed by atoms with van der Waals surface area (Å²) in [6, 6.07) is -0.135. The van der Waals surface area contributed by atoms with Gasteiger partial charge in [-0.2, -0.15) is 4.31 Å². The lowest BCUT2D eigenvalue weighted by Gasteiger charge is -2.26. The monoisotopic (exact) mass is 309 g/mol. The Morgan fingerprint density at radius 1 is 1.47 bits per heavy atom. The van der Waals surface area contributed by atoms with Gasteiger partial charge in [-0.15, -0.1) is 12.4 Å². The molecule has 0 saturated heterocycles. The topological polar surface area (TPSA) is 89.4 Å². The van der Waals surface area contributed by atoms with Gasteiger partial charge in [-0.25, -0.2) is 8.42 Å². The van der Waals surface area contributed by atoms with Crippen LogP contribution in [0.15, 0.2) is 9.42 Å². The van der Waals surface area contributed by atoms with E-state index in [0.29, 0.717) is 23.9 Å². The van der Waals surface area contributed by atoms with E-state index < -0.39 is 10.0 Å². The number of nitrogens with zero attached hydrogens (tertiary/aromatic N) is 2. The van der Waals surface area contributed by atoms with Crippen LogP contribution in [0, 0.1) is 19.8 Å². The zero-order chi connectivity index (χ0) is 13.5. The summed E-state index contributed by atoms with van der Waals surface area (Å²) >= 11 is 0. The third-order valence-corrected chi connectivity index (χ3v) is 5.61. The van der Waals surface area contributed by atoms with Crippen LogP contribution in [0.4, 0.5) is 0 Å². The number of halogens is 1. The Hall–Kier alpha value is -0.630. The predicted octanol–water partition coefficient (Wildman–Crippen LogP) is 1.07. The van der Waals surface area contributed by atoms with E-state index >= 15 is 0 Å². The predicted molar refractivity (Wildman–Crippen MR) is 73.7 cm³/mol. The standard InChI is InChI=1S/C11H19N3O3S.ClH/c1-7-11(8(2)17-13-7)18(15,16)14(3)10(6-12)9-4-5-9;/h9-10H,4-6,12H2,1-3H3;1H. The van der Waals surface area contributed by atoms with Crippen LogP contribution in [0.5, 0.6) is 0 Å². The maximum absolute atomic E-state index is 12.5. The highest BCUT2D eigenvalue weighted by atomic mass is 35.5. The molecule has 0 radical (unpaired) electrons. The fourth-order valence-corrected chi connectivity index (χ4v) is 4.00. The van der Waals surface area contributed by atoms with E-state index in [2.05, 4.69) is 5.16 Å². The zero-order valence-corrected chi connectivity index (χ0v) is 12.9. The molecule has 1 aliphatic rings. The summed E-state index contributed by atoms with van der Waals surface area (Å²) < 4.78 is 31.4. The summed E-state index contributed by atoms with van der Waals surface area (Å²) in [6.07, 6.45) is 2.09. The normalized spacial score (nSPS) is 17.3. The van der Waals surface area contributed by atoms with Gasteiger partial charge in [0.15, 0.2) is 5.76 Å². The van der Waals surface area contributed by atoms with Crippen LogP contribution in [0.1, 0.15) is 24.3 Å². The quantitative estimate of drug-likeness (QED) is 0.878. The largest absolute Gasteiger partial charge is 0.360 e. The first-order valence-corrected chi connectivity index (χ1v) is 7.44. The highest BCUT2D eigenvalue weighted by Gasteiger charge is 2.39. The Kier molecular flexibility index (Phi) is 5.00. The van der Waals surface area contributed by atoms with Crippen LogP contribution in [0.25, 0.3) is 0 Å². The van der Waals surface area contributed by atoms with Crippen molar-refractivity contribution in [1.82, 2.24) is 9.46 Å². The lowest BCUT2D eigenvalue weighted by atomic mass is 10.2. The van der Waals surface area contributed by atoms with Crippen molar-refractivity contribution >= 4 is 22.4 Å². The molecule has 0 aliphatic heterocycles. The SMILES string of the molecule is Cc1noc(C)c1S(=O)(=O)N(C)C(CN)C1CC1.Cl. The second kappa shape index (κ2) is 5.78. The fourth-order valence-electron chi connectivity index (χ4n) is 2.28. The molecule has 2 rings (SSSR count). The van der Waals surface area contributed by atoms with Gasteiger partial charge in [0.1, 0.15) is 10.6 Å². The Morgan fingerprint density at radius 3 is 2.42 bits per heavy atom. The van der Waals surface area contributed by atoms with Crippen LogP contribution < -0.4 is 5.73 Å². The number of sulfonamides is 1. The van der Waals surface area contributed by atoms with Crippen LogP contribution in [0.2, 0.25) is 0 Å². The second-order valence-electron chi connectivity index (χ2n) is 4.82. The number of aromatic nitrogens is 1.